The zero-order chi connectivity index (χ0) is 9.45. The lowest BCUT2D eigenvalue weighted by Crippen LogP contribution is -2.42. The van der Waals surface area contributed by atoms with E-state index in [1.54, 1.807) is 0 Å². The van der Waals surface area contributed by atoms with Gasteiger partial charge in [0.25, 0.3) is 0 Å². The van der Waals surface area contributed by atoms with Crippen molar-refractivity contribution in [3.8, 4) is 0 Å². The lowest BCUT2D eigenvalue weighted by molar-refractivity contribution is -0.169. The quantitative estimate of drug-likeness (QED) is 0.402. The second-order valence-corrected chi connectivity index (χ2v) is 3.36. The topological polar surface area (TPSA) is 52.5 Å². The molecule has 0 radical (unpaired) electrons. The van der Waals surface area contributed by atoms with Crippen LogP contribution in [0, 0.1) is 0 Å². The molecule has 0 saturated heterocycles. The predicted octanol–water partition coefficient (Wildman–Crippen LogP) is 1.20. The van der Waals surface area contributed by atoms with Gasteiger partial charge in [0.15, 0.2) is 0 Å². The maximum absolute atomic E-state index is 8.86. The molecule has 3 heteroatoms. The normalized spacial score (nSPS) is 12.0. The first kappa shape index (κ1) is 11.9. The van der Waals surface area contributed by atoms with Crippen LogP contribution in [0.2, 0.25) is 0 Å². The zero-order valence-corrected chi connectivity index (χ0v) is 8.14. The molecule has 0 aromatic heterocycles. The molecule has 0 atom stereocenters. The largest absolute Gasteiger partial charge is 0.354 e. The molecular formula is C9H21NO2. The van der Waals surface area contributed by atoms with E-state index < -0.39 is 5.91 Å². The molecule has 3 nitrogen and oxygen atoms in total. The Morgan fingerprint density at radius 3 is 2.17 bits per heavy atom. The summed E-state index contributed by atoms with van der Waals surface area (Å²) in [5.74, 6) is -1.70. The lowest BCUT2D eigenvalue weighted by atomic mass is 10.1. The summed E-state index contributed by atoms with van der Waals surface area (Å²) in [5, 5.41) is 20.3. The third-order valence-corrected chi connectivity index (χ3v) is 1.74. The Balaban J connectivity index is 3.01. The van der Waals surface area contributed by atoms with E-state index in [0.717, 1.165) is 12.8 Å². The molecule has 0 heterocycles. The van der Waals surface area contributed by atoms with Crippen LogP contribution in [0.5, 0.6) is 0 Å². The summed E-state index contributed by atoms with van der Waals surface area (Å²) in [4.78, 5) is 0. The molecule has 0 saturated carbocycles. The maximum atomic E-state index is 8.86. The molecule has 12 heavy (non-hydrogen) atoms. The Labute approximate surface area is 74.8 Å². The third-order valence-electron chi connectivity index (χ3n) is 1.74. The van der Waals surface area contributed by atoms with Crippen LogP contribution in [0.3, 0.4) is 0 Å². The highest BCUT2D eigenvalue weighted by atomic mass is 16.5. The lowest BCUT2D eigenvalue weighted by Gasteiger charge is -2.17. The summed E-state index contributed by atoms with van der Waals surface area (Å²) in [5.41, 5.74) is 0. The highest BCUT2D eigenvalue weighted by molar-refractivity contribution is 4.53. The van der Waals surface area contributed by atoms with Crippen molar-refractivity contribution < 1.29 is 10.2 Å². The SMILES string of the molecule is CCCCCCCNC(C)(O)O. The Hall–Kier alpha value is -0.120. The van der Waals surface area contributed by atoms with Crippen molar-refractivity contribution in [2.75, 3.05) is 6.54 Å². The van der Waals surface area contributed by atoms with Gasteiger partial charge in [-0.05, 0) is 6.42 Å². The van der Waals surface area contributed by atoms with Crippen LogP contribution in [0.4, 0.5) is 0 Å². The molecule has 0 aromatic carbocycles. The maximum Gasteiger partial charge on any atom is 0.219 e. The van der Waals surface area contributed by atoms with Gasteiger partial charge in [0.2, 0.25) is 5.91 Å². The van der Waals surface area contributed by atoms with Crippen LogP contribution >= 0.6 is 0 Å². The van der Waals surface area contributed by atoms with Crippen LogP contribution < -0.4 is 5.32 Å². The van der Waals surface area contributed by atoms with Crippen molar-refractivity contribution in [1.82, 2.24) is 5.32 Å². The van der Waals surface area contributed by atoms with Gasteiger partial charge in [-0.3, -0.25) is 5.32 Å². The fourth-order valence-corrected chi connectivity index (χ4v) is 1.05. The third kappa shape index (κ3) is 9.88. The number of rotatable bonds is 7. The fraction of sp³-hybridized carbons (Fsp3) is 1.00. The minimum Gasteiger partial charge on any atom is -0.354 e. The zero-order valence-electron chi connectivity index (χ0n) is 8.14. The van der Waals surface area contributed by atoms with Crippen molar-refractivity contribution in [1.29, 1.82) is 0 Å². The van der Waals surface area contributed by atoms with E-state index in [1.165, 1.54) is 26.2 Å². The first-order valence-corrected chi connectivity index (χ1v) is 4.76. The van der Waals surface area contributed by atoms with E-state index in [1.807, 2.05) is 0 Å². The molecule has 0 rings (SSSR count). The number of unbranched alkanes of at least 4 members (excludes halogenated alkanes) is 4. The standard InChI is InChI=1S/C9H21NO2/c1-3-4-5-6-7-8-10-9(2,11)12/h10-12H,3-8H2,1-2H3. The number of aliphatic hydroxyl groups is 2. The van der Waals surface area contributed by atoms with Crippen molar-refractivity contribution in [3.05, 3.63) is 0 Å². The second kappa shape index (κ2) is 6.40. The van der Waals surface area contributed by atoms with E-state index in [0.29, 0.717) is 6.54 Å². The monoisotopic (exact) mass is 175 g/mol. The molecular weight excluding hydrogens is 154 g/mol. The molecule has 0 spiro atoms. The summed E-state index contributed by atoms with van der Waals surface area (Å²) in [6.45, 7) is 4.18. The van der Waals surface area contributed by atoms with Gasteiger partial charge in [-0.15, -0.1) is 0 Å². The van der Waals surface area contributed by atoms with E-state index >= 15 is 0 Å². The average Bonchev–Trinajstić information content (AvgIpc) is 1.94. The van der Waals surface area contributed by atoms with Crippen LogP contribution in [0.1, 0.15) is 46.0 Å². The molecule has 0 fully saturated rings. The molecule has 0 unspecified atom stereocenters. The van der Waals surface area contributed by atoms with Gasteiger partial charge in [0.1, 0.15) is 0 Å². The van der Waals surface area contributed by atoms with E-state index in [9.17, 15) is 0 Å². The first-order valence-electron chi connectivity index (χ1n) is 4.76. The highest BCUT2D eigenvalue weighted by Gasteiger charge is 2.11. The summed E-state index contributed by atoms with van der Waals surface area (Å²) in [6, 6.07) is 0. The van der Waals surface area contributed by atoms with Crippen LogP contribution in [0.15, 0.2) is 0 Å². The minimum atomic E-state index is -1.70. The van der Waals surface area contributed by atoms with Crippen LogP contribution in [-0.4, -0.2) is 22.7 Å². The average molecular weight is 175 g/mol. The van der Waals surface area contributed by atoms with Crippen LogP contribution in [0.25, 0.3) is 0 Å². The molecule has 0 aromatic rings. The van der Waals surface area contributed by atoms with Gasteiger partial charge in [0.05, 0.1) is 0 Å². The van der Waals surface area contributed by atoms with E-state index in [2.05, 4.69) is 12.2 Å². The molecule has 0 bridgehead atoms. The minimum absolute atomic E-state index is 0.674. The van der Waals surface area contributed by atoms with Gasteiger partial charge in [-0.2, -0.15) is 0 Å². The molecule has 3 N–H and O–H groups in total. The molecule has 74 valence electrons. The Morgan fingerprint density at radius 2 is 1.67 bits per heavy atom. The van der Waals surface area contributed by atoms with E-state index in [4.69, 9.17) is 10.2 Å². The van der Waals surface area contributed by atoms with E-state index in [-0.39, 0.29) is 0 Å². The summed E-state index contributed by atoms with van der Waals surface area (Å²) in [7, 11) is 0. The van der Waals surface area contributed by atoms with Gasteiger partial charge in [0, 0.05) is 13.5 Å². The molecule has 0 aliphatic rings. The predicted molar refractivity (Wildman–Crippen MR) is 49.6 cm³/mol. The molecule has 0 aliphatic carbocycles. The van der Waals surface area contributed by atoms with Crippen molar-refractivity contribution in [3.63, 3.8) is 0 Å². The van der Waals surface area contributed by atoms with Crippen molar-refractivity contribution in [2.24, 2.45) is 0 Å². The summed E-state index contributed by atoms with van der Waals surface area (Å²) < 4.78 is 0. The highest BCUT2D eigenvalue weighted by Crippen LogP contribution is 2.01. The number of nitrogens with one attached hydrogen (secondary N) is 1. The van der Waals surface area contributed by atoms with Crippen molar-refractivity contribution in [2.45, 2.75) is 51.9 Å². The number of hydrogen-bond donors (Lipinski definition) is 3. The first-order chi connectivity index (χ1) is 5.56. The summed E-state index contributed by atoms with van der Waals surface area (Å²) in [6.07, 6.45) is 5.93. The molecule has 0 amide bonds. The van der Waals surface area contributed by atoms with Gasteiger partial charge in [-0.25, -0.2) is 0 Å². The van der Waals surface area contributed by atoms with Crippen LogP contribution in [-0.2, 0) is 0 Å². The second-order valence-electron chi connectivity index (χ2n) is 3.36. The Morgan fingerprint density at radius 1 is 1.08 bits per heavy atom. The Kier molecular flexibility index (Phi) is 6.34. The molecule has 0 aliphatic heterocycles. The Bertz CT molecular complexity index is 99.2. The van der Waals surface area contributed by atoms with Gasteiger partial charge >= 0.3 is 0 Å². The van der Waals surface area contributed by atoms with Crippen molar-refractivity contribution >= 4 is 0 Å². The number of hydrogen-bond acceptors (Lipinski definition) is 3. The summed E-state index contributed by atoms with van der Waals surface area (Å²) >= 11 is 0. The fourth-order valence-electron chi connectivity index (χ4n) is 1.05. The van der Waals surface area contributed by atoms with Gasteiger partial charge in [-0.1, -0.05) is 32.6 Å². The van der Waals surface area contributed by atoms with Gasteiger partial charge < -0.3 is 10.2 Å². The smallest absolute Gasteiger partial charge is 0.219 e.